The maximum Gasteiger partial charge on any atom is 0.341 e. The van der Waals surface area contributed by atoms with Crippen molar-refractivity contribution in [3.05, 3.63) is 23.8 Å². The van der Waals surface area contributed by atoms with Gasteiger partial charge in [-0.1, -0.05) is 12.7 Å². The summed E-state index contributed by atoms with van der Waals surface area (Å²) in [4.78, 5) is 50.5. The first-order valence-electron chi connectivity index (χ1n) is 10.9. The lowest BCUT2D eigenvalue weighted by Crippen LogP contribution is -2.50. The third kappa shape index (κ3) is 3.81. The Labute approximate surface area is 195 Å². The largest absolute Gasteiger partial charge is 0.466 e. The highest BCUT2D eigenvalue weighted by Gasteiger charge is 2.68. The number of rotatable bonds is 4. The minimum Gasteiger partial charge on any atom is -0.466 e. The molecule has 1 aliphatic carbocycles. The number of hydrogen-bond donors (Lipinski definition) is 1. The average molecular weight is 480 g/mol. The number of aliphatic hydroxyl groups excluding tert-OH is 1. The van der Waals surface area contributed by atoms with Crippen LogP contribution in [0.3, 0.4) is 0 Å². The Morgan fingerprint density at radius 1 is 1.21 bits per heavy atom. The predicted octanol–water partition coefficient (Wildman–Crippen LogP) is 0.127. The quantitative estimate of drug-likeness (QED) is 0.253. The Morgan fingerprint density at radius 2 is 1.85 bits per heavy atom. The van der Waals surface area contributed by atoms with E-state index < -0.39 is 77.6 Å². The van der Waals surface area contributed by atoms with Gasteiger partial charge in [-0.2, -0.15) is 0 Å². The molecule has 2 unspecified atom stereocenters. The molecule has 0 radical (unpaired) electrons. The van der Waals surface area contributed by atoms with Gasteiger partial charge in [-0.25, -0.2) is 14.4 Å². The van der Waals surface area contributed by atoms with E-state index >= 15 is 0 Å². The van der Waals surface area contributed by atoms with Crippen LogP contribution in [0.5, 0.6) is 0 Å². The number of aliphatic hydroxyl groups is 1. The molecule has 1 N–H and O–H groups in total. The summed E-state index contributed by atoms with van der Waals surface area (Å²) < 4.78 is 32.8. The number of fused-ring (bicyclic) bond motifs is 3. The molecule has 0 bridgehead atoms. The molecule has 3 heterocycles. The second kappa shape index (κ2) is 8.17. The van der Waals surface area contributed by atoms with Crippen molar-refractivity contribution in [3.63, 3.8) is 0 Å². The molecule has 186 valence electrons. The summed E-state index contributed by atoms with van der Waals surface area (Å²) in [6, 6.07) is 0. The summed E-state index contributed by atoms with van der Waals surface area (Å²) in [5, 5.41) is 10.8. The van der Waals surface area contributed by atoms with Crippen LogP contribution < -0.4 is 0 Å². The zero-order valence-electron chi connectivity index (χ0n) is 19.6. The zero-order chi connectivity index (χ0) is 25.2. The topological polar surface area (TPSA) is 150 Å². The van der Waals surface area contributed by atoms with Gasteiger partial charge in [-0.3, -0.25) is 4.79 Å². The van der Waals surface area contributed by atoms with Crippen LogP contribution in [0.15, 0.2) is 23.8 Å². The molecule has 11 nitrogen and oxygen atoms in total. The zero-order valence-corrected chi connectivity index (χ0v) is 19.6. The van der Waals surface area contributed by atoms with Crippen molar-refractivity contribution >= 4 is 23.9 Å². The van der Waals surface area contributed by atoms with Crippen molar-refractivity contribution in [3.8, 4) is 0 Å². The summed E-state index contributed by atoms with van der Waals surface area (Å²) in [7, 11) is 1.14. The fourth-order valence-electron chi connectivity index (χ4n) is 4.65. The van der Waals surface area contributed by atoms with Crippen molar-refractivity contribution in [1.82, 2.24) is 0 Å². The summed E-state index contributed by atoms with van der Waals surface area (Å²) in [6.45, 7) is 9.80. The molecule has 0 aromatic carbocycles. The van der Waals surface area contributed by atoms with Crippen LogP contribution in [0, 0.1) is 5.92 Å². The molecule has 0 aromatic heterocycles. The number of carbonyl (C=O) groups is 4. The lowest BCUT2D eigenvalue weighted by atomic mass is 9.79. The van der Waals surface area contributed by atoms with Crippen molar-refractivity contribution in [2.45, 2.75) is 81.9 Å². The monoisotopic (exact) mass is 480 g/mol. The molecular weight excluding hydrogens is 452 g/mol. The summed E-state index contributed by atoms with van der Waals surface area (Å²) in [5.41, 5.74) is -2.55. The van der Waals surface area contributed by atoms with Crippen LogP contribution in [0.1, 0.15) is 34.1 Å². The molecular formula is C23H28O11. The molecule has 3 fully saturated rings. The molecule has 9 atom stereocenters. The summed E-state index contributed by atoms with van der Waals surface area (Å²) in [6.07, 6.45) is -4.86. The van der Waals surface area contributed by atoms with E-state index in [0.29, 0.717) is 0 Å². The van der Waals surface area contributed by atoms with Gasteiger partial charge in [0, 0.05) is 12.5 Å². The minimum atomic E-state index is -1.49. The molecule has 3 saturated heterocycles. The lowest BCUT2D eigenvalue weighted by Gasteiger charge is -2.34. The smallest absolute Gasteiger partial charge is 0.341 e. The Kier molecular flexibility index (Phi) is 5.86. The van der Waals surface area contributed by atoms with Crippen LogP contribution in [-0.4, -0.2) is 83.9 Å². The van der Waals surface area contributed by atoms with Crippen molar-refractivity contribution < 1.29 is 52.7 Å². The Balaban J connectivity index is 1.85. The number of hydrogen-bond acceptors (Lipinski definition) is 11. The van der Waals surface area contributed by atoms with Crippen molar-refractivity contribution in [1.29, 1.82) is 0 Å². The van der Waals surface area contributed by atoms with Gasteiger partial charge in [-0.15, -0.1) is 0 Å². The first-order chi connectivity index (χ1) is 15.8. The van der Waals surface area contributed by atoms with Crippen LogP contribution >= 0.6 is 0 Å². The summed E-state index contributed by atoms with van der Waals surface area (Å²) >= 11 is 0. The van der Waals surface area contributed by atoms with E-state index in [1.54, 1.807) is 13.8 Å². The Hall–Kier alpha value is -2.76. The molecule has 4 aliphatic rings. The average Bonchev–Trinajstić information content (AvgIpc) is 3.61. The normalized spacial score (nSPS) is 44.4. The highest BCUT2D eigenvalue weighted by molar-refractivity contribution is 5.93. The van der Waals surface area contributed by atoms with Gasteiger partial charge in [0.25, 0.3) is 0 Å². The fraction of sp³-hybridized carbons (Fsp3) is 0.652. The SMILES string of the molecule is C=C1C(=O)O[C@@H]2[C@H]3O[C@]3(C)C(O)C/C=C(/C(=O)OC)[C@H](OC(C)=O)C(OC(=O)[C@]3(C)O[C@@H]3C)[C@H]12. The highest BCUT2D eigenvalue weighted by atomic mass is 16.7. The molecule has 0 aromatic rings. The fourth-order valence-corrected chi connectivity index (χ4v) is 4.65. The second-order valence-corrected chi connectivity index (χ2v) is 9.31. The lowest BCUT2D eigenvalue weighted by molar-refractivity contribution is -0.175. The van der Waals surface area contributed by atoms with E-state index in [1.807, 2.05) is 0 Å². The molecule has 3 aliphatic heterocycles. The number of esters is 4. The second-order valence-electron chi connectivity index (χ2n) is 9.31. The molecule has 0 saturated carbocycles. The third-order valence-corrected chi connectivity index (χ3v) is 7.13. The molecule has 34 heavy (non-hydrogen) atoms. The molecule has 0 spiro atoms. The minimum absolute atomic E-state index is 0.0491. The van der Waals surface area contributed by atoms with E-state index in [-0.39, 0.29) is 17.6 Å². The highest BCUT2D eigenvalue weighted by Crippen LogP contribution is 2.51. The van der Waals surface area contributed by atoms with E-state index in [9.17, 15) is 24.3 Å². The number of carbonyl (C=O) groups excluding carboxylic acids is 4. The maximum atomic E-state index is 13.1. The first-order valence-corrected chi connectivity index (χ1v) is 10.9. The molecule has 11 heteroatoms. The van der Waals surface area contributed by atoms with Crippen molar-refractivity contribution in [2.24, 2.45) is 5.92 Å². The van der Waals surface area contributed by atoms with E-state index in [4.69, 9.17) is 28.4 Å². The predicted molar refractivity (Wildman–Crippen MR) is 111 cm³/mol. The number of methoxy groups -OCH3 is 1. The maximum absolute atomic E-state index is 13.1. The van der Waals surface area contributed by atoms with Gasteiger partial charge in [0.1, 0.15) is 17.8 Å². The summed E-state index contributed by atoms with van der Waals surface area (Å²) in [5.74, 6) is -4.22. The van der Waals surface area contributed by atoms with Crippen LogP contribution in [-0.2, 0) is 47.6 Å². The van der Waals surface area contributed by atoms with Crippen molar-refractivity contribution in [2.75, 3.05) is 7.11 Å². The van der Waals surface area contributed by atoms with E-state index in [2.05, 4.69) is 6.58 Å². The third-order valence-electron chi connectivity index (χ3n) is 7.13. The Morgan fingerprint density at radius 3 is 2.41 bits per heavy atom. The van der Waals surface area contributed by atoms with Gasteiger partial charge in [0.15, 0.2) is 17.8 Å². The first kappa shape index (κ1) is 24.4. The standard InChI is InChI=1S/C23H28O11/c1-9-14-16(32-21(28)22(4)10(2)33-22)15(30-11(3)24)12(20(27)29-6)7-8-13(25)23(5)18(34-23)17(14)31-19(9)26/h7,10,13-18,25H,1,8H2,2-6H3/b12-7+/t10-,13?,14+,15+,16?,17+,18-,22-,23-/m1/s1. The van der Waals surface area contributed by atoms with Gasteiger partial charge in [-0.05, 0) is 27.2 Å². The molecule has 4 rings (SSSR count). The Bertz CT molecular complexity index is 985. The van der Waals surface area contributed by atoms with Crippen LogP contribution in [0.4, 0.5) is 0 Å². The van der Waals surface area contributed by atoms with Gasteiger partial charge >= 0.3 is 23.9 Å². The van der Waals surface area contributed by atoms with Gasteiger partial charge < -0.3 is 33.5 Å². The number of ether oxygens (including phenoxy) is 6. The van der Waals surface area contributed by atoms with Gasteiger partial charge in [0.05, 0.1) is 30.8 Å². The van der Waals surface area contributed by atoms with Crippen LogP contribution in [0.2, 0.25) is 0 Å². The van der Waals surface area contributed by atoms with Gasteiger partial charge in [0.2, 0.25) is 0 Å². The van der Waals surface area contributed by atoms with E-state index in [1.165, 1.54) is 13.0 Å². The molecule has 0 amide bonds. The van der Waals surface area contributed by atoms with E-state index in [0.717, 1.165) is 14.0 Å². The van der Waals surface area contributed by atoms with Crippen LogP contribution in [0.25, 0.3) is 0 Å². The number of epoxide rings is 2.